The molecule has 0 amide bonds. The fourth-order valence-corrected chi connectivity index (χ4v) is 2.74. The van der Waals surface area contributed by atoms with Crippen molar-refractivity contribution in [3.05, 3.63) is 22.6 Å². The predicted octanol–water partition coefficient (Wildman–Crippen LogP) is 1.54. The van der Waals surface area contributed by atoms with Gasteiger partial charge in [-0.1, -0.05) is 0 Å². The van der Waals surface area contributed by atoms with Gasteiger partial charge in [0.2, 0.25) is 0 Å². The maximum Gasteiger partial charge on any atom is 0.169 e. The van der Waals surface area contributed by atoms with Gasteiger partial charge < -0.3 is 14.4 Å². The molecule has 1 aliphatic heterocycles. The van der Waals surface area contributed by atoms with Gasteiger partial charge in [0.25, 0.3) is 0 Å². The first-order chi connectivity index (χ1) is 8.04. The molecule has 0 bridgehead atoms. The summed E-state index contributed by atoms with van der Waals surface area (Å²) in [5.41, 5.74) is 0. The van der Waals surface area contributed by atoms with Crippen molar-refractivity contribution in [2.45, 2.75) is 25.1 Å². The number of nitrogens with zero attached hydrogens (tertiary/aromatic N) is 2. The Morgan fingerprint density at radius 1 is 1.53 bits per heavy atom. The van der Waals surface area contributed by atoms with Gasteiger partial charge >= 0.3 is 0 Å². The van der Waals surface area contributed by atoms with Crippen molar-refractivity contribution in [2.75, 3.05) is 27.2 Å². The highest BCUT2D eigenvalue weighted by Gasteiger charge is 2.31. The maximum atomic E-state index is 9.77. The average Bonchev–Trinajstić information content (AvgIpc) is 2.74. The molecule has 0 saturated carbocycles. The van der Waals surface area contributed by atoms with Crippen molar-refractivity contribution >= 4 is 15.9 Å². The van der Waals surface area contributed by atoms with E-state index < -0.39 is 0 Å². The van der Waals surface area contributed by atoms with Gasteiger partial charge in [0.1, 0.15) is 5.76 Å². The van der Waals surface area contributed by atoms with Crippen molar-refractivity contribution in [1.82, 2.24) is 9.80 Å². The van der Waals surface area contributed by atoms with Crippen LogP contribution >= 0.6 is 15.9 Å². The molecule has 17 heavy (non-hydrogen) atoms. The van der Waals surface area contributed by atoms with E-state index in [2.05, 4.69) is 39.8 Å². The van der Waals surface area contributed by atoms with Gasteiger partial charge in [-0.05, 0) is 48.6 Å². The standard InChI is InChI=1S/C12H19BrN2O2/c1-14(2)6-9-5-10(16)7-15(9)8-11-3-4-12(13)17-11/h3-4,9-10,16H,5-8H2,1-2H3. The minimum Gasteiger partial charge on any atom is -0.453 e. The molecule has 0 spiro atoms. The van der Waals surface area contributed by atoms with Crippen molar-refractivity contribution in [3.8, 4) is 0 Å². The second-order valence-electron chi connectivity index (χ2n) is 4.94. The Balaban J connectivity index is 1.98. The monoisotopic (exact) mass is 302 g/mol. The first kappa shape index (κ1) is 13.1. The zero-order valence-corrected chi connectivity index (χ0v) is 11.9. The lowest BCUT2D eigenvalue weighted by Gasteiger charge is -2.25. The zero-order chi connectivity index (χ0) is 12.4. The third kappa shape index (κ3) is 3.55. The number of β-amino-alcohol motifs (C(OH)–C–C–N with tert-alkyl or cyclic N) is 1. The van der Waals surface area contributed by atoms with E-state index in [1.54, 1.807) is 0 Å². The average molecular weight is 303 g/mol. The van der Waals surface area contributed by atoms with Crippen molar-refractivity contribution < 1.29 is 9.52 Å². The maximum absolute atomic E-state index is 9.77. The van der Waals surface area contributed by atoms with E-state index in [-0.39, 0.29) is 6.10 Å². The van der Waals surface area contributed by atoms with E-state index >= 15 is 0 Å². The number of hydrogen-bond donors (Lipinski definition) is 1. The molecule has 0 aliphatic carbocycles. The normalized spacial score (nSPS) is 25.9. The van der Waals surface area contributed by atoms with Crippen LogP contribution in [0.3, 0.4) is 0 Å². The summed E-state index contributed by atoms with van der Waals surface area (Å²) in [5.74, 6) is 0.940. The number of likely N-dealkylation sites (tertiary alicyclic amines) is 1. The molecule has 2 unspecified atom stereocenters. The molecule has 0 aromatic carbocycles. The first-order valence-corrected chi connectivity index (χ1v) is 6.65. The Morgan fingerprint density at radius 2 is 2.29 bits per heavy atom. The first-order valence-electron chi connectivity index (χ1n) is 5.85. The van der Waals surface area contributed by atoms with Crippen molar-refractivity contribution in [1.29, 1.82) is 0 Å². The van der Waals surface area contributed by atoms with Crippen LogP contribution in [0.1, 0.15) is 12.2 Å². The second kappa shape index (κ2) is 5.52. The summed E-state index contributed by atoms with van der Waals surface area (Å²) in [4.78, 5) is 4.45. The lowest BCUT2D eigenvalue weighted by molar-refractivity contribution is 0.163. The van der Waals surface area contributed by atoms with Crippen LogP contribution in [-0.2, 0) is 6.54 Å². The summed E-state index contributed by atoms with van der Waals surface area (Å²) in [6.45, 7) is 2.47. The van der Waals surface area contributed by atoms with E-state index in [9.17, 15) is 5.11 Å². The minimum atomic E-state index is -0.210. The molecule has 2 rings (SSSR count). The molecule has 1 N–H and O–H groups in total. The van der Waals surface area contributed by atoms with Gasteiger partial charge in [0, 0.05) is 19.1 Å². The molecule has 4 nitrogen and oxygen atoms in total. The molecule has 1 aromatic rings. The highest BCUT2D eigenvalue weighted by Crippen LogP contribution is 2.23. The zero-order valence-electron chi connectivity index (χ0n) is 10.3. The van der Waals surface area contributed by atoms with Crippen LogP contribution in [-0.4, -0.2) is 54.2 Å². The molecule has 5 heteroatoms. The lowest BCUT2D eigenvalue weighted by Crippen LogP contribution is -2.37. The molecule has 2 heterocycles. The highest BCUT2D eigenvalue weighted by atomic mass is 79.9. The van der Waals surface area contributed by atoms with E-state index in [4.69, 9.17) is 4.42 Å². The van der Waals surface area contributed by atoms with Gasteiger partial charge in [-0.2, -0.15) is 0 Å². The number of aliphatic hydroxyl groups excluding tert-OH is 1. The topological polar surface area (TPSA) is 39.9 Å². The van der Waals surface area contributed by atoms with Crippen LogP contribution in [0.25, 0.3) is 0 Å². The second-order valence-corrected chi connectivity index (χ2v) is 5.72. The number of rotatable bonds is 4. The number of halogens is 1. The molecule has 96 valence electrons. The lowest BCUT2D eigenvalue weighted by atomic mass is 10.2. The summed E-state index contributed by atoms with van der Waals surface area (Å²) in [7, 11) is 4.12. The number of furan rings is 1. The van der Waals surface area contributed by atoms with Crippen LogP contribution in [0.4, 0.5) is 0 Å². The van der Waals surface area contributed by atoms with Crippen LogP contribution in [0, 0.1) is 0 Å². The number of likely N-dealkylation sites (N-methyl/N-ethyl adjacent to an activating group) is 1. The molecular formula is C12H19BrN2O2. The van der Waals surface area contributed by atoms with Gasteiger partial charge in [0.05, 0.1) is 12.6 Å². The van der Waals surface area contributed by atoms with Gasteiger partial charge in [0.15, 0.2) is 4.67 Å². The molecular weight excluding hydrogens is 284 g/mol. The Labute approximate surface area is 110 Å². The summed E-state index contributed by atoms with van der Waals surface area (Å²) in [6.07, 6.45) is 0.637. The van der Waals surface area contributed by atoms with Gasteiger partial charge in [-0.15, -0.1) is 0 Å². The summed E-state index contributed by atoms with van der Waals surface area (Å²) in [5, 5.41) is 9.77. The quantitative estimate of drug-likeness (QED) is 0.916. The van der Waals surface area contributed by atoms with E-state index in [0.717, 1.165) is 36.5 Å². The molecule has 2 atom stereocenters. The highest BCUT2D eigenvalue weighted by molar-refractivity contribution is 9.10. The molecule has 1 aromatic heterocycles. The number of hydrogen-bond acceptors (Lipinski definition) is 4. The predicted molar refractivity (Wildman–Crippen MR) is 69.8 cm³/mol. The van der Waals surface area contributed by atoms with Gasteiger partial charge in [-0.25, -0.2) is 0 Å². The SMILES string of the molecule is CN(C)CC1CC(O)CN1Cc1ccc(Br)o1. The third-order valence-electron chi connectivity index (χ3n) is 3.07. The van der Waals surface area contributed by atoms with Crippen LogP contribution in [0.2, 0.25) is 0 Å². The molecule has 1 aliphatic rings. The van der Waals surface area contributed by atoms with Crippen LogP contribution < -0.4 is 0 Å². The largest absolute Gasteiger partial charge is 0.453 e. The Bertz CT molecular complexity index is 367. The Morgan fingerprint density at radius 3 is 2.88 bits per heavy atom. The molecule has 0 radical (unpaired) electrons. The summed E-state index contributed by atoms with van der Waals surface area (Å²) < 4.78 is 6.27. The van der Waals surface area contributed by atoms with Crippen molar-refractivity contribution in [3.63, 3.8) is 0 Å². The minimum absolute atomic E-state index is 0.210. The summed E-state index contributed by atoms with van der Waals surface area (Å²) >= 11 is 3.31. The van der Waals surface area contributed by atoms with E-state index in [1.807, 2.05) is 12.1 Å². The molecule has 1 saturated heterocycles. The van der Waals surface area contributed by atoms with Crippen LogP contribution in [0.15, 0.2) is 21.2 Å². The van der Waals surface area contributed by atoms with Crippen LogP contribution in [0.5, 0.6) is 0 Å². The molecule has 1 fully saturated rings. The third-order valence-corrected chi connectivity index (χ3v) is 3.50. The Hall–Kier alpha value is -0.360. The van der Waals surface area contributed by atoms with E-state index in [0.29, 0.717) is 6.04 Å². The fourth-order valence-electron chi connectivity index (χ4n) is 2.40. The van der Waals surface area contributed by atoms with E-state index in [1.165, 1.54) is 0 Å². The van der Waals surface area contributed by atoms with Gasteiger partial charge in [-0.3, -0.25) is 4.90 Å². The Kier molecular flexibility index (Phi) is 4.25. The van der Waals surface area contributed by atoms with Crippen molar-refractivity contribution in [2.24, 2.45) is 0 Å². The number of aliphatic hydroxyl groups is 1. The fraction of sp³-hybridized carbons (Fsp3) is 0.667. The smallest absolute Gasteiger partial charge is 0.169 e. The summed E-state index contributed by atoms with van der Waals surface area (Å²) in [6, 6.07) is 4.29.